The molecule has 0 amide bonds. The maximum atomic E-state index is 11.4. The van der Waals surface area contributed by atoms with Crippen LogP contribution in [0.1, 0.15) is 12.8 Å². The van der Waals surface area contributed by atoms with Crippen LogP contribution < -0.4 is 0 Å². The Morgan fingerprint density at radius 1 is 1.85 bits per heavy atom. The molecule has 0 aromatic heterocycles. The third-order valence-electron chi connectivity index (χ3n) is 2.61. The molecular formula is C8H12ClNO2Si. The minimum atomic E-state index is -2.44. The van der Waals surface area contributed by atoms with Crippen molar-refractivity contribution in [1.29, 1.82) is 0 Å². The van der Waals surface area contributed by atoms with Gasteiger partial charge in [-0.05, 0) is 19.4 Å². The Bertz CT molecular complexity index is 261. The van der Waals surface area contributed by atoms with Gasteiger partial charge in [-0.3, -0.25) is 9.36 Å². The fourth-order valence-corrected chi connectivity index (χ4v) is 5.62. The van der Waals surface area contributed by atoms with Crippen molar-refractivity contribution >= 4 is 24.8 Å². The number of fused-ring (bicyclic) bond motifs is 1. The topological polar surface area (TPSA) is 29.5 Å². The Balaban J connectivity index is 2.22. The fourth-order valence-electron chi connectivity index (χ4n) is 2.03. The van der Waals surface area contributed by atoms with Crippen LogP contribution in [0.15, 0.2) is 12.7 Å². The second-order valence-corrected chi connectivity index (χ2v) is 7.79. The summed E-state index contributed by atoms with van der Waals surface area (Å²) in [7, 11) is -2.44. The van der Waals surface area contributed by atoms with Gasteiger partial charge in [0.05, 0.1) is 0 Å². The van der Waals surface area contributed by atoms with E-state index in [4.69, 9.17) is 15.5 Å². The van der Waals surface area contributed by atoms with E-state index in [0.717, 1.165) is 19.4 Å². The van der Waals surface area contributed by atoms with E-state index in [0.29, 0.717) is 6.04 Å². The van der Waals surface area contributed by atoms with Gasteiger partial charge in [0.2, 0.25) is 0 Å². The van der Waals surface area contributed by atoms with E-state index in [1.54, 1.807) is 6.08 Å². The SMILES string of the molecule is C=CC[Si]1(Cl)OC(=O)[C@@H]2CCCN21. The van der Waals surface area contributed by atoms with E-state index in [9.17, 15) is 4.79 Å². The summed E-state index contributed by atoms with van der Waals surface area (Å²) >= 11 is 6.32. The van der Waals surface area contributed by atoms with Crippen molar-refractivity contribution in [2.45, 2.75) is 24.9 Å². The quantitative estimate of drug-likeness (QED) is 0.398. The summed E-state index contributed by atoms with van der Waals surface area (Å²) in [6.45, 7) is 4.54. The molecule has 0 aliphatic carbocycles. The minimum absolute atomic E-state index is 0.0517. The molecule has 0 spiro atoms. The summed E-state index contributed by atoms with van der Waals surface area (Å²) < 4.78 is 7.34. The highest BCUT2D eigenvalue weighted by Crippen LogP contribution is 2.37. The Morgan fingerprint density at radius 3 is 3.31 bits per heavy atom. The first-order valence-electron chi connectivity index (χ1n) is 4.47. The van der Waals surface area contributed by atoms with Gasteiger partial charge in [-0.1, -0.05) is 17.2 Å². The lowest BCUT2D eigenvalue weighted by atomic mass is 10.2. The summed E-state index contributed by atoms with van der Waals surface area (Å²) in [4.78, 5) is 11.4. The average molecular weight is 218 g/mol. The summed E-state index contributed by atoms with van der Waals surface area (Å²) in [5.41, 5.74) is 0. The van der Waals surface area contributed by atoms with Crippen molar-refractivity contribution in [3.63, 3.8) is 0 Å². The Labute approximate surface area is 83.2 Å². The van der Waals surface area contributed by atoms with Gasteiger partial charge in [0, 0.05) is 6.04 Å². The van der Waals surface area contributed by atoms with Crippen molar-refractivity contribution in [3.8, 4) is 0 Å². The molecule has 0 aromatic rings. The summed E-state index contributed by atoms with van der Waals surface area (Å²) in [5.74, 6) is -0.124. The second-order valence-electron chi connectivity index (χ2n) is 3.45. The standard InChI is InChI=1S/C8H12ClNO2Si/c1-2-6-13(9)10-5-3-4-7(10)8(11)12-13/h2,7H,1,3-6H2/t7-,13?/m0/s1. The monoisotopic (exact) mass is 217 g/mol. The van der Waals surface area contributed by atoms with Crippen LogP contribution in [0.25, 0.3) is 0 Å². The van der Waals surface area contributed by atoms with E-state index in [2.05, 4.69) is 11.1 Å². The maximum absolute atomic E-state index is 11.4. The second kappa shape index (κ2) is 3.11. The normalized spacial score (nSPS) is 38.8. The van der Waals surface area contributed by atoms with E-state index < -0.39 is 7.79 Å². The molecule has 2 atom stereocenters. The predicted octanol–water partition coefficient (Wildman–Crippen LogP) is 1.37. The number of rotatable bonds is 2. The molecule has 0 N–H and O–H groups in total. The number of nitrogens with zero attached hydrogens (tertiary/aromatic N) is 1. The molecule has 2 heterocycles. The van der Waals surface area contributed by atoms with Gasteiger partial charge in [-0.15, -0.1) is 6.58 Å². The zero-order valence-corrected chi connectivity index (χ0v) is 9.09. The summed E-state index contributed by atoms with van der Waals surface area (Å²) in [6, 6.07) is 0.570. The number of carbonyl (C=O) groups is 1. The molecule has 72 valence electrons. The molecule has 2 rings (SSSR count). The van der Waals surface area contributed by atoms with E-state index in [1.165, 1.54) is 0 Å². The molecule has 1 unspecified atom stereocenters. The minimum Gasteiger partial charge on any atom is -0.490 e. The molecule has 0 bridgehead atoms. The third-order valence-corrected chi connectivity index (χ3v) is 6.65. The van der Waals surface area contributed by atoms with Gasteiger partial charge in [-0.25, -0.2) is 0 Å². The van der Waals surface area contributed by atoms with Gasteiger partial charge in [0.1, 0.15) is 6.04 Å². The van der Waals surface area contributed by atoms with Crippen LogP contribution in [-0.2, 0) is 9.22 Å². The first-order chi connectivity index (χ1) is 6.17. The largest absolute Gasteiger partial charge is 0.490 e. The van der Waals surface area contributed by atoms with E-state index in [1.807, 2.05) is 0 Å². The molecule has 13 heavy (non-hydrogen) atoms. The lowest BCUT2D eigenvalue weighted by Gasteiger charge is -2.23. The molecule has 0 radical (unpaired) electrons. The highest BCUT2D eigenvalue weighted by molar-refractivity contribution is 7.16. The molecule has 3 nitrogen and oxygen atoms in total. The maximum Gasteiger partial charge on any atom is 0.440 e. The Morgan fingerprint density at radius 2 is 2.62 bits per heavy atom. The van der Waals surface area contributed by atoms with Crippen LogP contribution in [0.4, 0.5) is 0 Å². The van der Waals surface area contributed by atoms with Crippen LogP contribution in [0, 0.1) is 0 Å². The number of hydrogen-bond donors (Lipinski definition) is 0. The van der Waals surface area contributed by atoms with Crippen molar-refractivity contribution in [1.82, 2.24) is 4.57 Å². The lowest BCUT2D eigenvalue weighted by Crippen LogP contribution is -2.45. The van der Waals surface area contributed by atoms with Gasteiger partial charge >= 0.3 is 13.8 Å². The zero-order chi connectivity index (χ0) is 9.47. The van der Waals surface area contributed by atoms with Crippen molar-refractivity contribution in [2.24, 2.45) is 0 Å². The van der Waals surface area contributed by atoms with Gasteiger partial charge in [0.25, 0.3) is 0 Å². The fraction of sp³-hybridized carbons (Fsp3) is 0.625. The van der Waals surface area contributed by atoms with Crippen LogP contribution in [0.3, 0.4) is 0 Å². The molecule has 2 aliphatic rings. The number of allylic oxidation sites excluding steroid dienone is 1. The molecule has 0 saturated carbocycles. The molecule has 2 aliphatic heterocycles. The number of carbonyl (C=O) groups excluding carboxylic acids is 1. The molecule has 2 fully saturated rings. The van der Waals surface area contributed by atoms with Gasteiger partial charge < -0.3 is 4.43 Å². The highest BCUT2D eigenvalue weighted by atomic mass is 35.6. The molecule has 5 heteroatoms. The van der Waals surface area contributed by atoms with Crippen LogP contribution in [0.5, 0.6) is 0 Å². The summed E-state index contributed by atoms with van der Waals surface area (Å²) in [6.07, 6.45) is 3.70. The smallest absolute Gasteiger partial charge is 0.440 e. The Kier molecular flexibility index (Phi) is 2.21. The molecule has 2 saturated heterocycles. The van der Waals surface area contributed by atoms with E-state index >= 15 is 0 Å². The van der Waals surface area contributed by atoms with E-state index in [-0.39, 0.29) is 12.0 Å². The first-order valence-corrected chi connectivity index (χ1v) is 7.54. The first kappa shape index (κ1) is 9.24. The highest BCUT2D eigenvalue weighted by Gasteiger charge is 2.57. The lowest BCUT2D eigenvalue weighted by molar-refractivity contribution is -0.134. The zero-order valence-electron chi connectivity index (χ0n) is 7.33. The van der Waals surface area contributed by atoms with Crippen LogP contribution in [-0.4, -0.2) is 30.9 Å². The predicted molar refractivity (Wildman–Crippen MR) is 52.4 cm³/mol. The van der Waals surface area contributed by atoms with Crippen molar-refractivity contribution in [2.75, 3.05) is 6.54 Å². The molecular weight excluding hydrogens is 206 g/mol. The summed E-state index contributed by atoms with van der Waals surface area (Å²) in [5, 5.41) is 0. The van der Waals surface area contributed by atoms with Crippen LogP contribution in [0.2, 0.25) is 6.04 Å². The average Bonchev–Trinajstić information content (AvgIpc) is 2.58. The van der Waals surface area contributed by atoms with Crippen molar-refractivity contribution in [3.05, 3.63) is 12.7 Å². The van der Waals surface area contributed by atoms with Crippen LogP contribution >= 0.6 is 11.1 Å². The van der Waals surface area contributed by atoms with Crippen molar-refractivity contribution < 1.29 is 9.22 Å². The van der Waals surface area contributed by atoms with Gasteiger partial charge in [0.15, 0.2) is 0 Å². The number of hydrogen-bond acceptors (Lipinski definition) is 3. The third kappa shape index (κ3) is 1.33. The van der Waals surface area contributed by atoms with Gasteiger partial charge in [-0.2, -0.15) is 0 Å². The number of halogens is 1. The Hall–Kier alpha value is -0.323. The molecule has 0 aromatic carbocycles.